The summed E-state index contributed by atoms with van der Waals surface area (Å²) in [5.41, 5.74) is -0.499. The van der Waals surface area contributed by atoms with Gasteiger partial charge in [0.2, 0.25) is 5.75 Å². The molecular weight excluding hydrogens is 276 g/mol. The minimum atomic E-state index is -0.703. The van der Waals surface area contributed by atoms with Gasteiger partial charge in [0.05, 0.1) is 16.6 Å². The number of piperidine rings is 1. The third-order valence-electron chi connectivity index (χ3n) is 3.51. The van der Waals surface area contributed by atoms with Crippen molar-refractivity contribution in [3.05, 3.63) is 33.9 Å². The number of para-hydroxylation sites is 1. The maximum Gasteiger partial charge on any atom is 0.311 e. The molecular formula is C14H18N2O5. The number of benzene rings is 1. The number of carbonyl (C=O) groups excluding carboxylic acids is 1. The van der Waals surface area contributed by atoms with Gasteiger partial charge < -0.3 is 14.7 Å². The van der Waals surface area contributed by atoms with Crippen molar-refractivity contribution < 1.29 is 19.6 Å². The maximum absolute atomic E-state index is 12.4. The Morgan fingerprint density at radius 1 is 1.57 bits per heavy atom. The number of nitrogens with zero attached hydrogens (tertiary/aromatic N) is 2. The van der Waals surface area contributed by atoms with E-state index in [1.165, 1.54) is 18.2 Å². The second kappa shape index (κ2) is 6.53. The van der Waals surface area contributed by atoms with Gasteiger partial charge in [0, 0.05) is 25.8 Å². The molecule has 1 saturated heterocycles. The van der Waals surface area contributed by atoms with Crippen molar-refractivity contribution in [1.29, 1.82) is 0 Å². The van der Waals surface area contributed by atoms with E-state index < -0.39 is 22.3 Å². The quantitative estimate of drug-likeness (QED) is 0.676. The lowest BCUT2D eigenvalue weighted by Crippen LogP contribution is -2.43. The molecule has 1 unspecified atom stereocenters. The maximum atomic E-state index is 12.4. The number of carbonyl (C=O) groups is 1. The van der Waals surface area contributed by atoms with Crippen LogP contribution in [0.2, 0.25) is 0 Å². The number of rotatable bonds is 4. The Morgan fingerprint density at radius 3 is 3.00 bits per heavy atom. The monoisotopic (exact) mass is 294 g/mol. The van der Waals surface area contributed by atoms with E-state index in [4.69, 9.17) is 4.74 Å². The first-order chi connectivity index (χ1) is 10.0. The van der Waals surface area contributed by atoms with Crippen LogP contribution in [-0.2, 0) is 4.74 Å². The molecule has 1 amide bonds. The highest BCUT2D eigenvalue weighted by molar-refractivity contribution is 5.98. The summed E-state index contributed by atoms with van der Waals surface area (Å²) in [5.74, 6) is -0.980. The van der Waals surface area contributed by atoms with Crippen LogP contribution in [0, 0.1) is 10.1 Å². The third kappa shape index (κ3) is 3.30. The van der Waals surface area contributed by atoms with Crippen LogP contribution in [0.5, 0.6) is 5.75 Å². The minimum absolute atomic E-state index is 0.0199. The smallest absolute Gasteiger partial charge is 0.311 e. The average molecular weight is 294 g/mol. The van der Waals surface area contributed by atoms with Gasteiger partial charge in [-0.3, -0.25) is 14.9 Å². The van der Waals surface area contributed by atoms with Crippen LogP contribution in [-0.4, -0.2) is 46.6 Å². The fourth-order valence-electron chi connectivity index (χ4n) is 2.52. The summed E-state index contributed by atoms with van der Waals surface area (Å²) in [4.78, 5) is 24.1. The van der Waals surface area contributed by atoms with Gasteiger partial charge in [-0.2, -0.15) is 0 Å². The Hall–Kier alpha value is -2.15. The molecule has 0 aliphatic carbocycles. The zero-order chi connectivity index (χ0) is 15.4. The van der Waals surface area contributed by atoms with E-state index in [0.29, 0.717) is 19.7 Å². The van der Waals surface area contributed by atoms with Crippen LogP contribution in [0.3, 0.4) is 0 Å². The molecule has 7 heteroatoms. The summed E-state index contributed by atoms with van der Waals surface area (Å²) in [5, 5.41) is 20.7. The molecule has 0 radical (unpaired) electrons. The summed E-state index contributed by atoms with van der Waals surface area (Å²) in [6.45, 7) is 3.47. The number of phenolic OH excluding ortho intramolecular Hbond substituents is 1. The molecule has 1 aromatic carbocycles. The topological polar surface area (TPSA) is 92.9 Å². The Balaban J connectivity index is 2.20. The number of amides is 1. The van der Waals surface area contributed by atoms with Gasteiger partial charge in [-0.15, -0.1) is 0 Å². The highest BCUT2D eigenvalue weighted by atomic mass is 16.6. The van der Waals surface area contributed by atoms with E-state index in [1.54, 1.807) is 4.90 Å². The normalized spacial score (nSPS) is 18.5. The lowest BCUT2D eigenvalue weighted by molar-refractivity contribution is -0.385. The van der Waals surface area contributed by atoms with Crippen molar-refractivity contribution in [3.63, 3.8) is 0 Å². The van der Waals surface area contributed by atoms with Crippen molar-refractivity contribution in [1.82, 2.24) is 4.90 Å². The van der Waals surface area contributed by atoms with Crippen LogP contribution in [0.4, 0.5) is 5.69 Å². The lowest BCUT2D eigenvalue weighted by atomic mass is 10.1. The average Bonchev–Trinajstić information content (AvgIpc) is 2.47. The van der Waals surface area contributed by atoms with E-state index in [2.05, 4.69) is 0 Å². The molecule has 1 aromatic rings. The molecule has 1 N–H and O–H groups in total. The molecule has 1 heterocycles. The first-order valence-corrected chi connectivity index (χ1v) is 6.91. The van der Waals surface area contributed by atoms with Crippen LogP contribution < -0.4 is 0 Å². The predicted octanol–water partition coefficient (Wildman–Crippen LogP) is 1.94. The molecule has 0 saturated carbocycles. The first-order valence-electron chi connectivity index (χ1n) is 6.91. The summed E-state index contributed by atoms with van der Waals surface area (Å²) in [6.07, 6.45) is 1.68. The number of nitro groups is 1. The number of likely N-dealkylation sites (tertiary alicyclic amines) is 1. The Morgan fingerprint density at radius 2 is 2.33 bits per heavy atom. The van der Waals surface area contributed by atoms with Crippen molar-refractivity contribution in [2.75, 3.05) is 19.7 Å². The molecule has 0 spiro atoms. The van der Waals surface area contributed by atoms with Gasteiger partial charge in [-0.05, 0) is 25.8 Å². The Labute approximate surface area is 122 Å². The Kier molecular flexibility index (Phi) is 4.74. The molecule has 1 aliphatic heterocycles. The standard InChI is InChI=1S/C14H18N2O5/c1-2-21-10-5-4-8-15(9-10)14(18)11-6-3-7-12(13(11)17)16(19)20/h3,6-7,10,17H,2,4-5,8-9H2,1H3. The lowest BCUT2D eigenvalue weighted by Gasteiger charge is -2.32. The summed E-state index contributed by atoms with van der Waals surface area (Å²) < 4.78 is 5.53. The molecule has 7 nitrogen and oxygen atoms in total. The van der Waals surface area contributed by atoms with Gasteiger partial charge in [-0.1, -0.05) is 6.07 Å². The highest BCUT2D eigenvalue weighted by Gasteiger charge is 2.28. The van der Waals surface area contributed by atoms with E-state index in [1.807, 2.05) is 6.92 Å². The van der Waals surface area contributed by atoms with Crippen LogP contribution in [0.1, 0.15) is 30.1 Å². The number of hydrogen-bond acceptors (Lipinski definition) is 5. The molecule has 21 heavy (non-hydrogen) atoms. The van der Waals surface area contributed by atoms with Crippen molar-refractivity contribution >= 4 is 11.6 Å². The first kappa shape index (κ1) is 15.2. The van der Waals surface area contributed by atoms with Gasteiger partial charge in [0.15, 0.2) is 0 Å². The van der Waals surface area contributed by atoms with Gasteiger partial charge in [-0.25, -0.2) is 0 Å². The Bertz CT molecular complexity index is 544. The molecule has 2 rings (SSSR count). The SMILES string of the molecule is CCOC1CCCN(C(=O)c2cccc([N+](=O)[O-])c2O)C1. The highest BCUT2D eigenvalue weighted by Crippen LogP contribution is 2.30. The third-order valence-corrected chi connectivity index (χ3v) is 3.51. The van der Waals surface area contributed by atoms with E-state index in [-0.39, 0.29) is 11.7 Å². The zero-order valence-electron chi connectivity index (χ0n) is 11.8. The van der Waals surface area contributed by atoms with Gasteiger partial charge in [0.25, 0.3) is 5.91 Å². The van der Waals surface area contributed by atoms with Crippen molar-refractivity contribution in [2.24, 2.45) is 0 Å². The van der Waals surface area contributed by atoms with Crippen molar-refractivity contribution in [2.45, 2.75) is 25.9 Å². The number of nitro benzene ring substituents is 1. The summed E-state index contributed by atoms with van der Waals surface area (Å²) >= 11 is 0. The van der Waals surface area contributed by atoms with Gasteiger partial charge >= 0.3 is 5.69 Å². The minimum Gasteiger partial charge on any atom is -0.502 e. The molecule has 1 aliphatic rings. The fraction of sp³-hybridized carbons (Fsp3) is 0.500. The van der Waals surface area contributed by atoms with Gasteiger partial charge in [0.1, 0.15) is 0 Å². The molecule has 114 valence electrons. The van der Waals surface area contributed by atoms with E-state index in [9.17, 15) is 20.0 Å². The van der Waals surface area contributed by atoms with Crippen LogP contribution in [0.15, 0.2) is 18.2 Å². The fourth-order valence-corrected chi connectivity index (χ4v) is 2.52. The second-order valence-electron chi connectivity index (χ2n) is 4.90. The van der Waals surface area contributed by atoms with E-state index >= 15 is 0 Å². The van der Waals surface area contributed by atoms with Crippen LogP contribution in [0.25, 0.3) is 0 Å². The zero-order valence-corrected chi connectivity index (χ0v) is 11.8. The largest absolute Gasteiger partial charge is 0.502 e. The molecule has 0 bridgehead atoms. The van der Waals surface area contributed by atoms with E-state index in [0.717, 1.165) is 12.8 Å². The number of aromatic hydroxyl groups is 1. The number of ether oxygens (including phenoxy) is 1. The van der Waals surface area contributed by atoms with Crippen LogP contribution >= 0.6 is 0 Å². The number of phenols is 1. The molecule has 0 aromatic heterocycles. The van der Waals surface area contributed by atoms with Crippen molar-refractivity contribution in [3.8, 4) is 5.75 Å². The molecule has 1 fully saturated rings. The number of hydrogen-bond donors (Lipinski definition) is 1. The predicted molar refractivity (Wildman–Crippen MR) is 75.3 cm³/mol. The molecule has 1 atom stereocenters. The summed E-state index contributed by atoms with van der Waals surface area (Å²) in [6, 6.07) is 3.97. The summed E-state index contributed by atoms with van der Waals surface area (Å²) in [7, 11) is 0. The second-order valence-corrected chi connectivity index (χ2v) is 4.90.